The lowest BCUT2D eigenvalue weighted by Gasteiger charge is -2.28. The fraction of sp³-hybridized carbons (Fsp3) is 0.786. The van der Waals surface area contributed by atoms with Gasteiger partial charge in [-0.2, -0.15) is 0 Å². The van der Waals surface area contributed by atoms with Crippen LogP contribution in [0.2, 0.25) is 0 Å². The minimum atomic E-state index is 0.0900. The van der Waals surface area contributed by atoms with Crippen molar-refractivity contribution >= 4 is 5.78 Å². The van der Waals surface area contributed by atoms with E-state index in [-0.39, 0.29) is 11.3 Å². The van der Waals surface area contributed by atoms with E-state index < -0.39 is 0 Å². The molecule has 0 unspecified atom stereocenters. The van der Waals surface area contributed by atoms with Crippen LogP contribution in [-0.4, -0.2) is 5.78 Å². The van der Waals surface area contributed by atoms with Crippen LogP contribution in [0.4, 0.5) is 0 Å². The van der Waals surface area contributed by atoms with Crippen molar-refractivity contribution in [3.8, 4) is 0 Å². The third-order valence-electron chi connectivity index (χ3n) is 4.02. The van der Waals surface area contributed by atoms with Gasteiger partial charge in [0.2, 0.25) is 0 Å². The van der Waals surface area contributed by atoms with Gasteiger partial charge in [-0.05, 0) is 30.6 Å². The summed E-state index contributed by atoms with van der Waals surface area (Å²) in [4.78, 5) is 12.1. The number of Topliss-reactive ketones (excluding diaryl/α,β-unsaturated/α-hetero) is 1. The Morgan fingerprint density at radius 3 is 2.80 bits per heavy atom. The monoisotopic (exact) mass is 206 g/mol. The zero-order valence-corrected chi connectivity index (χ0v) is 10.2. The summed E-state index contributed by atoms with van der Waals surface area (Å²) in [5.41, 5.74) is 1.66. The Labute approximate surface area is 92.9 Å². The number of rotatable bonds is 0. The fourth-order valence-corrected chi connectivity index (χ4v) is 3.20. The van der Waals surface area contributed by atoms with Crippen LogP contribution in [0.3, 0.4) is 0 Å². The summed E-state index contributed by atoms with van der Waals surface area (Å²) in [5, 5.41) is 0. The Kier molecular flexibility index (Phi) is 2.74. The van der Waals surface area contributed by atoms with Gasteiger partial charge < -0.3 is 0 Å². The first-order valence-corrected chi connectivity index (χ1v) is 6.24. The van der Waals surface area contributed by atoms with Gasteiger partial charge in [-0.1, -0.05) is 38.8 Å². The Morgan fingerprint density at radius 1 is 1.33 bits per heavy atom. The van der Waals surface area contributed by atoms with Crippen LogP contribution >= 0.6 is 0 Å². The third kappa shape index (κ3) is 2.16. The van der Waals surface area contributed by atoms with Crippen LogP contribution in [0, 0.1) is 17.3 Å². The molecular formula is C14H22O. The molecule has 1 saturated carbocycles. The fourth-order valence-electron chi connectivity index (χ4n) is 3.20. The van der Waals surface area contributed by atoms with Gasteiger partial charge in [0.15, 0.2) is 0 Å². The highest BCUT2D eigenvalue weighted by Crippen LogP contribution is 2.42. The number of carbonyl (C=O) groups is 1. The zero-order chi connectivity index (χ0) is 11.1. The summed E-state index contributed by atoms with van der Waals surface area (Å²) in [7, 11) is 0. The summed E-state index contributed by atoms with van der Waals surface area (Å²) < 4.78 is 0. The number of allylic oxidation sites excluding steroid dienone is 2. The van der Waals surface area contributed by atoms with Crippen molar-refractivity contribution in [2.24, 2.45) is 17.3 Å². The van der Waals surface area contributed by atoms with Crippen molar-refractivity contribution in [2.45, 2.75) is 52.9 Å². The van der Waals surface area contributed by atoms with Gasteiger partial charge in [0.05, 0.1) is 0 Å². The SMILES string of the molecule is C[C@@H]1C(=O)CC(C)(C)C=C2CCCC[C@H]21. The number of hydrogen-bond acceptors (Lipinski definition) is 1. The van der Waals surface area contributed by atoms with E-state index in [1.165, 1.54) is 25.7 Å². The first-order chi connectivity index (χ1) is 6.99. The zero-order valence-electron chi connectivity index (χ0n) is 10.2. The van der Waals surface area contributed by atoms with Crippen LogP contribution in [0.5, 0.6) is 0 Å². The quantitative estimate of drug-likeness (QED) is 0.552. The van der Waals surface area contributed by atoms with Gasteiger partial charge >= 0.3 is 0 Å². The molecule has 0 bridgehead atoms. The molecule has 0 radical (unpaired) electrons. The maximum Gasteiger partial charge on any atom is 0.137 e. The maximum atomic E-state index is 12.1. The van der Waals surface area contributed by atoms with E-state index in [0.29, 0.717) is 11.7 Å². The standard InChI is InChI=1S/C14H22O/c1-10-12-7-5-4-6-11(12)8-14(2,3)9-13(10)15/h8,10,12H,4-7,9H2,1-3H3/t10-,12-/m0/s1. The van der Waals surface area contributed by atoms with Gasteiger partial charge in [-0.15, -0.1) is 0 Å². The third-order valence-corrected chi connectivity index (χ3v) is 4.02. The minimum Gasteiger partial charge on any atom is -0.299 e. The topological polar surface area (TPSA) is 17.1 Å². The number of fused-ring (bicyclic) bond motifs is 1. The van der Waals surface area contributed by atoms with Gasteiger partial charge in [-0.3, -0.25) is 4.79 Å². The van der Waals surface area contributed by atoms with Crippen molar-refractivity contribution in [3.05, 3.63) is 11.6 Å². The molecule has 0 aliphatic heterocycles. The molecule has 15 heavy (non-hydrogen) atoms. The van der Waals surface area contributed by atoms with Crippen molar-refractivity contribution in [1.82, 2.24) is 0 Å². The Balaban J connectivity index is 2.33. The maximum absolute atomic E-state index is 12.1. The average molecular weight is 206 g/mol. The molecule has 0 aromatic rings. The van der Waals surface area contributed by atoms with E-state index in [4.69, 9.17) is 0 Å². The lowest BCUT2D eigenvalue weighted by atomic mass is 9.76. The second-order valence-electron chi connectivity index (χ2n) is 5.99. The molecule has 2 rings (SSSR count). The molecule has 0 aromatic heterocycles. The lowest BCUT2D eigenvalue weighted by Crippen LogP contribution is -2.24. The molecule has 0 heterocycles. The van der Waals surface area contributed by atoms with Crippen molar-refractivity contribution in [2.75, 3.05) is 0 Å². The number of carbonyl (C=O) groups excluding carboxylic acids is 1. The van der Waals surface area contributed by atoms with Crippen molar-refractivity contribution in [3.63, 3.8) is 0 Å². The molecule has 0 N–H and O–H groups in total. The van der Waals surface area contributed by atoms with Crippen LogP contribution < -0.4 is 0 Å². The molecule has 2 atom stereocenters. The van der Waals surface area contributed by atoms with Crippen LogP contribution in [-0.2, 0) is 4.79 Å². The molecule has 0 amide bonds. The number of ketones is 1. The summed E-state index contributed by atoms with van der Waals surface area (Å²) in [6.45, 7) is 6.52. The van der Waals surface area contributed by atoms with Gasteiger partial charge in [0.25, 0.3) is 0 Å². The summed E-state index contributed by atoms with van der Waals surface area (Å²) >= 11 is 0. The molecule has 2 aliphatic rings. The Hall–Kier alpha value is -0.590. The molecular weight excluding hydrogens is 184 g/mol. The van der Waals surface area contributed by atoms with E-state index >= 15 is 0 Å². The van der Waals surface area contributed by atoms with E-state index in [2.05, 4.69) is 26.8 Å². The number of hydrogen-bond donors (Lipinski definition) is 0. The predicted molar refractivity (Wildman–Crippen MR) is 62.6 cm³/mol. The van der Waals surface area contributed by atoms with Crippen LogP contribution in [0.1, 0.15) is 52.9 Å². The highest BCUT2D eigenvalue weighted by atomic mass is 16.1. The predicted octanol–water partition coefficient (Wildman–Crippen LogP) is 3.74. The molecule has 84 valence electrons. The average Bonchev–Trinajstić information content (AvgIpc) is 2.23. The molecule has 1 nitrogen and oxygen atoms in total. The smallest absolute Gasteiger partial charge is 0.137 e. The van der Waals surface area contributed by atoms with E-state index in [1.54, 1.807) is 5.57 Å². The second-order valence-corrected chi connectivity index (χ2v) is 5.99. The van der Waals surface area contributed by atoms with Crippen LogP contribution in [0.25, 0.3) is 0 Å². The highest BCUT2D eigenvalue weighted by Gasteiger charge is 2.35. The normalized spacial score (nSPS) is 35.4. The summed E-state index contributed by atoms with van der Waals surface area (Å²) in [6, 6.07) is 0. The first kappa shape index (κ1) is 10.9. The molecule has 0 spiro atoms. The minimum absolute atomic E-state index is 0.0900. The van der Waals surface area contributed by atoms with Gasteiger partial charge in [-0.25, -0.2) is 0 Å². The molecule has 1 heteroatoms. The van der Waals surface area contributed by atoms with Crippen LogP contribution in [0.15, 0.2) is 11.6 Å². The molecule has 0 saturated heterocycles. The largest absolute Gasteiger partial charge is 0.299 e. The van der Waals surface area contributed by atoms with Gasteiger partial charge in [0.1, 0.15) is 5.78 Å². The second kappa shape index (κ2) is 3.77. The molecule has 2 aliphatic carbocycles. The van der Waals surface area contributed by atoms with E-state index in [0.717, 1.165) is 6.42 Å². The van der Waals surface area contributed by atoms with E-state index in [1.807, 2.05) is 0 Å². The Bertz CT molecular complexity index is 298. The van der Waals surface area contributed by atoms with Crippen molar-refractivity contribution < 1.29 is 4.79 Å². The molecule has 1 fully saturated rings. The molecule has 0 aromatic carbocycles. The first-order valence-electron chi connectivity index (χ1n) is 6.24. The van der Waals surface area contributed by atoms with E-state index in [9.17, 15) is 4.79 Å². The van der Waals surface area contributed by atoms with Gasteiger partial charge in [0, 0.05) is 12.3 Å². The van der Waals surface area contributed by atoms with Crippen molar-refractivity contribution in [1.29, 1.82) is 0 Å². The summed E-state index contributed by atoms with van der Waals surface area (Å²) in [6.07, 6.45) is 8.21. The summed E-state index contributed by atoms with van der Waals surface area (Å²) in [5.74, 6) is 1.30. The Morgan fingerprint density at radius 2 is 2.07 bits per heavy atom. The highest BCUT2D eigenvalue weighted by molar-refractivity contribution is 5.82. The lowest BCUT2D eigenvalue weighted by molar-refractivity contribution is -0.124.